The molecule has 2 fully saturated rings. The van der Waals surface area contributed by atoms with Crippen molar-refractivity contribution >= 4 is 5.82 Å². The maximum Gasteiger partial charge on any atom is 0.133 e. The second-order valence-electron chi connectivity index (χ2n) is 6.02. The molecule has 2 aliphatic rings. The summed E-state index contributed by atoms with van der Waals surface area (Å²) in [6.45, 7) is 2.13. The van der Waals surface area contributed by atoms with E-state index in [0.717, 1.165) is 25.3 Å². The molecule has 0 spiro atoms. The third-order valence-corrected chi connectivity index (χ3v) is 4.39. The molecule has 2 heterocycles. The SMILES string of the molecule is OCC1CCCCCN1c1ncccc1CNC1CC1. The Balaban J connectivity index is 1.78. The van der Waals surface area contributed by atoms with Crippen molar-refractivity contribution in [2.24, 2.45) is 0 Å². The van der Waals surface area contributed by atoms with Crippen molar-refractivity contribution in [2.45, 2.75) is 57.2 Å². The van der Waals surface area contributed by atoms with Crippen LogP contribution in [0, 0.1) is 0 Å². The lowest BCUT2D eigenvalue weighted by Gasteiger charge is -2.31. The predicted molar refractivity (Wildman–Crippen MR) is 80.8 cm³/mol. The van der Waals surface area contributed by atoms with Gasteiger partial charge in [-0.25, -0.2) is 4.98 Å². The monoisotopic (exact) mass is 275 g/mol. The van der Waals surface area contributed by atoms with Gasteiger partial charge in [0.05, 0.1) is 12.6 Å². The molecule has 4 heteroatoms. The number of rotatable bonds is 5. The van der Waals surface area contributed by atoms with Gasteiger partial charge >= 0.3 is 0 Å². The van der Waals surface area contributed by atoms with Crippen LogP contribution in [0.2, 0.25) is 0 Å². The molecule has 2 N–H and O–H groups in total. The van der Waals surface area contributed by atoms with Gasteiger partial charge in [0, 0.05) is 30.9 Å². The van der Waals surface area contributed by atoms with Crippen molar-refractivity contribution in [3.05, 3.63) is 23.9 Å². The van der Waals surface area contributed by atoms with Crippen LogP contribution in [0.3, 0.4) is 0 Å². The Labute approximate surface area is 121 Å². The van der Waals surface area contributed by atoms with E-state index in [9.17, 15) is 5.11 Å². The first-order chi connectivity index (χ1) is 9.88. The number of aromatic nitrogens is 1. The van der Waals surface area contributed by atoms with E-state index in [1.165, 1.54) is 37.7 Å². The van der Waals surface area contributed by atoms with E-state index in [1.807, 2.05) is 12.3 Å². The standard InChI is InChI=1S/C16H25N3O/c20-12-15-6-2-1-3-10-19(15)16-13(5-4-9-17-16)11-18-14-7-8-14/h4-5,9,14-15,18,20H,1-3,6-8,10-12H2. The second-order valence-corrected chi connectivity index (χ2v) is 6.02. The molecule has 4 nitrogen and oxygen atoms in total. The lowest BCUT2D eigenvalue weighted by Crippen LogP contribution is -2.39. The van der Waals surface area contributed by atoms with Gasteiger partial charge in [-0.3, -0.25) is 0 Å². The van der Waals surface area contributed by atoms with Gasteiger partial charge in [0.25, 0.3) is 0 Å². The first-order valence-electron chi connectivity index (χ1n) is 7.93. The molecule has 1 saturated heterocycles. The van der Waals surface area contributed by atoms with Crippen molar-refractivity contribution in [3.63, 3.8) is 0 Å². The normalized spacial score (nSPS) is 23.6. The Kier molecular flexibility index (Phi) is 4.53. The number of aliphatic hydroxyl groups is 1. The van der Waals surface area contributed by atoms with Gasteiger partial charge in [0.2, 0.25) is 0 Å². The van der Waals surface area contributed by atoms with E-state index < -0.39 is 0 Å². The Morgan fingerprint density at radius 3 is 2.95 bits per heavy atom. The molecule has 1 aromatic heterocycles. The van der Waals surface area contributed by atoms with Crippen LogP contribution in [0.4, 0.5) is 5.82 Å². The summed E-state index contributed by atoms with van der Waals surface area (Å²) in [5, 5.41) is 13.3. The summed E-state index contributed by atoms with van der Waals surface area (Å²) < 4.78 is 0. The van der Waals surface area contributed by atoms with E-state index >= 15 is 0 Å². The molecule has 20 heavy (non-hydrogen) atoms. The summed E-state index contributed by atoms with van der Waals surface area (Å²) in [6, 6.07) is 5.11. The van der Waals surface area contributed by atoms with Gasteiger partial charge in [-0.15, -0.1) is 0 Å². The molecule has 0 aromatic carbocycles. The van der Waals surface area contributed by atoms with Crippen molar-refractivity contribution in [2.75, 3.05) is 18.1 Å². The maximum atomic E-state index is 9.68. The maximum absolute atomic E-state index is 9.68. The largest absolute Gasteiger partial charge is 0.394 e. The van der Waals surface area contributed by atoms with Crippen molar-refractivity contribution < 1.29 is 5.11 Å². The highest BCUT2D eigenvalue weighted by molar-refractivity contribution is 5.48. The third-order valence-electron chi connectivity index (χ3n) is 4.39. The van der Waals surface area contributed by atoms with Gasteiger partial charge in [-0.1, -0.05) is 18.9 Å². The van der Waals surface area contributed by atoms with E-state index in [0.29, 0.717) is 6.04 Å². The smallest absolute Gasteiger partial charge is 0.133 e. The molecule has 110 valence electrons. The summed E-state index contributed by atoms with van der Waals surface area (Å²) in [7, 11) is 0. The fourth-order valence-electron chi connectivity index (χ4n) is 3.01. The second kappa shape index (κ2) is 6.55. The third kappa shape index (κ3) is 3.30. The summed E-state index contributed by atoms with van der Waals surface area (Å²) >= 11 is 0. The van der Waals surface area contributed by atoms with Gasteiger partial charge in [-0.2, -0.15) is 0 Å². The van der Waals surface area contributed by atoms with Gasteiger partial charge in [0.1, 0.15) is 5.82 Å². The zero-order valence-corrected chi connectivity index (χ0v) is 12.1. The van der Waals surface area contributed by atoms with Gasteiger partial charge in [0.15, 0.2) is 0 Å². The molecule has 1 atom stereocenters. The molecule has 0 amide bonds. The molecule has 0 radical (unpaired) electrons. The number of anilines is 1. The van der Waals surface area contributed by atoms with E-state index in [1.54, 1.807) is 0 Å². The number of nitrogens with one attached hydrogen (secondary N) is 1. The number of hydrogen-bond donors (Lipinski definition) is 2. The predicted octanol–water partition coefficient (Wildman–Crippen LogP) is 2.07. The van der Waals surface area contributed by atoms with Crippen LogP contribution in [-0.4, -0.2) is 35.3 Å². The molecule has 1 unspecified atom stereocenters. The van der Waals surface area contributed by atoms with Crippen LogP contribution < -0.4 is 10.2 Å². The number of nitrogens with zero attached hydrogens (tertiary/aromatic N) is 2. The van der Waals surface area contributed by atoms with Crippen LogP contribution in [0.15, 0.2) is 18.3 Å². The van der Waals surface area contributed by atoms with Gasteiger partial charge < -0.3 is 15.3 Å². The number of pyridine rings is 1. The van der Waals surface area contributed by atoms with Crippen molar-refractivity contribution in [3.8, 4) is 0 Å². The van der Waals surface area contributed by atoms with E-state index in [2.05, 4.69) is 21.3 Å². The Morgan fingerprint density at radius 1 is 1.25 bits per heavy atom. The zero-order valence-electron chi connectivity index (χ0n) is 12.1. The minimum atomic E-state index is 0.228. The van der Waals surface area contributed by atoms with E-state index in [4.69, 9.17) is 0 Å². The molecular formula is C16H25N3O. The first-order valence-corrected chi connectivity index (χ1v) is 7.93. The highest BCUT2D eigenvalue weighted by Crippen LogP contribution is 2.26. The Bertz CT molecular complexity index is 433. The van der Waals surface area contributed by atoms with Crippen LogP contribution in [0.25, 0.3) is 0 Å². The molecule has 3 rings (SSSR count). The fraction of sp³-hybridized carbons (Fsp3) is 0.688. The summed E-state index contributed by atoms with van der Waals surface area (Å²) in [6.07, 6.45) is 9.22. The molecule has 1 aliphatic heterocycles. The summed E-state index contributed by atoms with van der Waals surface area (Å²) in [5.74, 6) is 1.07. The zero-order chi connectivity index (χ0) is 13.8. The highest BCUT2D eigenvalue weighted by atomic mass is 16.3. The van der Waals surface area contributed by atoms with Crippen LogP contribution >= 0.6 is 0 Å². The molecule has 1 aromatic rings. The number of hydrogen-bond acceptors (Lipinski definition) is 4. The van der Waals surface area contributed by atoms with Crippen molar-refractivity contribution in [1.29, 1.82) is 0 Å². The van der Waals surface area contributed by atoms with Crippen LogP contribution in [-0.2, 0) is 6.54 Å². The lowest BCUT2D eigenvalue weighted by molar-refractivity contribution is 0.254. The summed E-state index contributed by atoms with van der Waals surface area (Å²) in [5.41, 5.74) is 1.26. The summed E-state index contributed by atoms with van der Waals surface area (Å²) in [4.78, 5) is 6.95. The fourth-order valence-corrected chi connectivity index (χ4v) is 3.01. The molecule has 1 saturated carbocycles. The average molecular weight is 275 g/mol. The minimum absolute atomic E-state index is 0.228. The quantitative estimate of drug-likeness (QED) is 0.864. The van der Waals surface area contributed by atoms with Gasteiger partial charge in [-0.05, 0) is 31.7 Å². The molecular weight excluding hydrogens is 250 g/mol. The highest BCUT2D eigenvalue weighted by Gasteiger charge is 2.25. The first kappa shape index (κ1) is 13.8. The van der Waals surface area contributed by atoms with E-state index in [-0.39, 0.29) is 12.6 Å². The Hall–Kier alpha value is -1.13. The van der Waals surface area contributed by atoms with Crippen LogP contribution in [0.5, 0.6) is 0 Å². The Morgan fingerprint density at radius 2 is 2.15 bits per heavy atom. The average Bonchev–Trinajstić information content (AvgIpc) is 3.32. The lowest BCUT2D eigenvalue weighted by atomic mass is 10.1. The molecule has 0 bridgehead atoms. The topological polar surface area (TPSA) is 48.4 Å². The minimum Gasteiger partial charge on any atom is -0.394 e. The molecule has 1 aliphatic carbocycles. The van der Waals surface area contributed by atoms with Crippen molar-refractivity contribution in [1.82, 2.24) is 10.3 Å². The van der Waals surface area contributed by atoms with Crippen LogP contribution in [0.1, 0.15) is 44.1 Å². The number of aliphatic hydroxyl groups excluding tert-OH is 1.